The largest absolute Gasteiger partial charge is 1.00 e. The molecular formula is C6H7ClLiNS. The fourth-order valence-electron chi connectivity index (χ4n) is 0.512. The zero-order valence-corrected chi connectivity index (χ0v) is 7.88. The van der Waals surface area contributed by atoms with Crippen molar-refractivity contribution in [1.82, 2.24) is 4.98 Å². The minimum atomic E-state index is 0. The molecular weight excluding hydrogens is 161 g/mol. The molecule has 0 N–H and O–H groups in total. The van der Waals surface area contributed by atoms with E-state index >= 15 is 0 Å². The molecule has 0 saturated heterocycles. The Morgan fingerprint density at radius 1 is 1.70 bits per heavy atom. The number of aromatic nitrogens is 1. The summed E-state index contributed by atoms with van der Waals surface area (Å²) >= 11 is 7.26. The second-order valence-electron chi connectivity index (χ2n) is 1.83. The molecule has 1 rings (SSSR count). The second-order valence-corrected chi connectivity index (χ2v) is 3.25. The standard InChI is InChI=1S/C6H7ClNS.Li/c1-4-3-9-6(8-4)5(2)7;/h3H,1-2H3;/q-1;+1. The van der Waals surface area contributed by atoms with E-state index in [0.29, 0.717) is 0 Å². The van der Waals surface area contributed by atoms with Crippen molar-refractivity contribution < 1.29 is 18.9 Å². The van der Waals surface area contributed by atoms with Crippen molar-refractivity contribution in [2.75, 3.05) is 0 Å². The molecule has 0 aliphatic carbocycles. The fourth-order valence-corrected chi connectivity index (χ4v) is 1.38. The van der Waals surface area contributed by atoms with E-state index < -0.39 is 0 Å². The van der Waals surface area contributed by atoms with Crippen molar-refractivity contribution in [2.45, 2.75) is 13.8 Å². The van der Waals surface area contributed by atoms with Crippen LogP contribution in [0.15, 0.2) is 5.38 Å². The molecule has 0 bridgehead atoms. The summed E-state index contributed by atoms with van der Waals surface area (Å²) in [6.07, 6.45) is 0. The molecule has 0 aromatic carbocycles. The van der Waals surface area contributed by atoms with Gasteiger partial charge in [-0.05, 0) is 11.9 Å². The summed E-state index contributed by atoms with van der Waals surface area (Å²) in [6, 6.07) is 0. The van der Waals surface area contributed by atoms with Gasteiger partial charge in [0, 0.05) is 11.1 Å². The van der Waals surface area contributed by atoms with Crippen LogP contribution in [0.25, 0.3) is 0 Å². The van der Waals surface area contributed by atoms with Gasteiger partial charge in [-0.1, -0.05) is 0 Å². The maximum atomic E-state index is 5.68. The van der Waals surface area contributed by atoms with Crippen molar-refractivity contribution in [1.29, 1.82) is 0 Å². The molecule has 0 spiro atoms. The van der Waals surface area contributed by atoms with Gasteiger partial charge in [0.05, 0.1) is 0 Å². The van der Waals surface area contributed by atoms with Crippen molar-refractivity contribution >= 4 is 22.9 Å². The van der Waals surface area contributed by atoms with E-state index in [1.54, 1.807) is 11.3 Å². The van der Waals surface area contributed by atoms with Gasteiger partial charge in [0.1, 0.15) is 0 Å². The zero-order chi connectivity index (χ0) is 6.85. The third kappa shape index (κ3) is 2.55. The Balaban J connectivity index is 0.000000810. The van der Waals surface area contributed by atoms with Gasteiger partial charge in [-0.2, -0.15) is 18.3 Å². The number of aryl methyl sites for hydroxylation is 1. The number of rotatable bonds is 1. The van der Waals surface area contributed by atoms with Crippen molar-refractivity contribution in [3.8, 4) is 0 Å². The number of nitrogens with zero attached hydrogens (tertiary/aromatic N) is 1. The van der Waals surface area contributed by atoms with E-state index in [2.05, 4.69) is 4.98 Å². The zero-order valence-electron chi connectivity index (χ0n) is 6.31. The van der Waals surface area contributed by atoms with Crippen LogP contribution in [-0.2, 0) is 0 Å². The molecule has 4 heteroatoms. The predicted octanol–water partition coefficient (Wildman–Crippen LogP) is -0.406. The van der Waals surface area contributed by atoms with Crippen LogP contribution < -0.4 is 18.9 Å². The van der Waals surface area contributed by atoms with Crippen molar-refractivity contribution in [3.63, 3.8) is 0 Å². The van der Waals surface area contributed by atoms with Crippen LogP contribution in [0.2, 0.25) is 0 Å². The SMILES string of the molecule is Cc1csc([C-](C)Cl)n1.[Li+]. The van der Waals surface area contributed by atoms with Gasteiger partial charge in [-0.25, -0.2) is 5.38 Å². The smallest absolute Gasteiger partial charge is 0.317 e. The average molecular weight is 168 g/mol. The molecule has 1 heterocycles. The Morgan fingerprint density at radius 2 is 2.30 bits per heavy atom. The van der Waals surface area contributed by atoms with Gasteiger partial charge in [0.2, 0.25) is 0 Å². The fraction of sp³-hybridized carbons (Fsp3) is 0.333. The van der Waals surface area contributed by atoms with Gasteiger partial charge >= 0.3 is 18.9 Å². The van der Waals surface area contributed by atoms with Gasteiger partial charge in [0.15, 0.2) is 0 Å². The summed E-state index contributed by atoms with van der Waals surface area (Å²) in [6.45, 7) is 3.81. The first-order valence-corrected chi connectivity index (χ1v) is 3.87. The van der Waals surface area contributed by atoms with E-state index in [1.165, 1.54) is 0 Å². The molecule has 0 saturated carbocycles. The first kappa shape index (κ1) is 10.4. The Kier molecular flexibility index (Phi) is 4.47. The third-order valence-electron chi connectivity index (χ3n) is 0.914. The Bertz CT molecular complexity index is 199. The molecule has 1 nitrogen and oxygen atoms in total. The molecule has 1 aromatic rings. The first-order chi connectivity index (χ1) is 4.20. The van der Waals surface area contributed by atoms with Crippen LogP contribution >= 0.6 is 22.9 Å². The Labute approximate surface area is 82.0 Å². The number of hydrogen-bond acceptors (Lipinski definition) is 2. The van der Waals surface area contributed by atoms with Crippen LogP contribution in [-0.4, -0.2) is 4.98 Å². The maximum absolute atomic E-state index is 5.68. The summed E-state index contributed by atoms with van der Waals surface area (Å²) < 4.78 is 0. The molecule has 0 unspecified atom stereocenters. The van der Waals surface area contributed by atoms with E-state index in [9.17, 15) is 0 Å². The first-order valence-electron chi connectivity index (χ1n) is 2.61. The quantitative estimate of drug-likeness (QED) is 0.410. The van der Waals surface area contributed by atoms with Gasteiger partial charge in [-0.15, -0.1) is 0 Å². The number of thiazole rings is 1. The molecule has 0 aliphatic rings. The predicted molar refractivity (Wildman–Crippen MR) is 40.7 cm³/mol. The Hall–Kier alpha value is 0.387. The molecule has 50 valence electrons. The van der Waals surface area contributed by atoms with E-state index in [0.717, 1.165) is 16.1 Å². The molecule has 10 heavy (non-hydrogen) atoms. The van der Waals surface area contributed by atoms with Crippen LogP contribution in [0.3, 0.4) is 0 Å². The van der Waals surface area contributed by atoms with Crippen molar-refractivity contribution in [2.24, 2.45) is 0 Å². The number of hydrogen-bond donors (Lipinski definition) is 0. The van der Waals surface area contributed by atoms with Gasteiger partial charge in [0.25, 0.3) is 0 Å². The molecule has 0 aliphatic heterocycles. The minimum Gasteiger partial charge on any atom is -0.317 e. The minimum absolute atomic E-state index is 0. The van der Waals surface area contributed by atoms with Crippen LogP contribution in [0, 0.1) is 12.3 Å². The third-order valence-corrected chi connectivity index (χ3v) is 2.28. The molecule has 1 aromatic heterocycles. The monoisotopic (exact) mass is 167 g/mol. The summed E-state index contributed by atoms with van der Waals surface area (Å²) in [4.78, 5) is 4.16. The van der Waals surface area contributed by atoms with Gasteiger partial charge < -0.3 is 11.6 Å². The maximum Gasteiger partial charge on any atom is 1.00 e. The molecule has 0 atom stereocenters. The number of halogens is 1. The van der Waals surface area contributed by atoms with E-state index in [-0.39, 0.29) is 18.9 Å². The van der Waals surface area contributed by atoms with Gasteiger partial charge in [-0.3, -0.25) is 4.98 Å². The second kappa shape index (κ2) is 4.30. The van der Waals surface area contributed by atoms with E-state index in [4.69, 9.17) is 11.6 Å². The average Bonchev–Trinajstić information content (AvgIpc) is 2.14. The summed E-state index contributed by atoms with van der Waals surface area (Å²) in [5.41, 5.74) is 1.04. The summed E-state index contributed by atoms with van der Waals surface area (Å²) in [5, 5.41) is 3.68. The summed E-state index contributed by atoms with van der Waals surface area (Å²) in [5.74, 6) is 0. The Morgan fingerprint density at radius 3 is 2.50 bits per heavy atom. The van der Waals surface area contributed by atoms with Crippen molar-refractivity contribution in [3.05, 3.63) is 21.5 Å². The van der Waals surface area contributed by atoms with E-state index in [1.807, 2.05) is 19.2 Å². The normalized spacial score (nSPS) is 8.70. The molecule has 0 fully saturated rings. The van der Waals surface area contributed by atoms with Crippen LogP contribution in [0.4, 0.5) is 0 Å². The summed E-state index contributed by atoms with van der Waals surface area (Å²) in [7, 11) is 0. The molecule has 0 amide bonds. The van der Waals surface area contributed by atoms with Crippen LogP contribution in [0.5, 0.6) is 0 Å². The molecule has 0 radical (unpaired) electrons. The topological polar surface area (TPSA) is 12.9 Å². The van der Waals surface area contributed by atoms with Crippen LogP contribution in [0.1, 0.15) is 17.6 Å².